The first-order valence-corrected chi connectivity index (χ1v) is 11.7. The lowest BCUT2D eigenvalue weighted by atomic mass is 10.1. The van der Waals surface area contributed by atoms with Gasteiger partial charge in [-0.05, 0) is 44.2 Å². The number of carbonyl (C=O) groups is 2. The van der Waals surface area contributed by atoms with E-state index in [9.17, 15) is 14.9 Å². The molecule has 9 nitrogen and oxygen atoms in total. The lowest BCUT2D eigenvalue weighted by Crippen LogP contribution is -2.27. The zero-order valence-electron chi connectivity index (χ0n) is 20.0. The van der Waals surface area contributed by atoms with Gasteiger partial charge in [0.25, 0.3) is 5.91 Å². The number of likely N-dealkylation sites (N-methyl/N-ethyl adjacent to an activating group) is 1. The molecule has 1 aromatic heterocycles. The third kappa shape index (κ3) is 6.95. The third-order valence-electron chi connectivity index (χ3n) is 4.91. The Balaban J connectivity index is 1.87. The van der Waals surface area contributed by atoms with E-state index in [-0.39, 0.29) is 19.1 Å². The number of carbonyl (C=O) groups excluding carboxylic acids is 2. The number of nitrogens with one attached hydrogen (secondary N) is 2. The Morgan fingerprint density at radius 3 is 2.75 bits per heavy atom. The van der Waals surface area contributed by atoms with Crippen LogP contribution in [0.2, 0.25) is 0 Å². The molecule has 0 spiro atoms. The molecule has 2 N–H and O–H groups in total. The molecule has 10 heteroatoms. The van der Waals surface area contributed by atoms with E-state index in [1.54, 1.807) is 31.0 Å². The van der Waals surface area contributed by atoms with Gasteiger partial charge in [0.05, 0.1) is 49.3 Å². The Kier molecular flexibility index (Phi) is 9.23. The van der Waals surface area contributed by atoms with E-state index in [4.69, 9.17) is 9.47 Å². The van der Waals surface area contributed by atoms with Gasteiger partial charge in [-0.25, -0.2) is 0 Å². The first-order valence-electron chi connectivity index (χ1n) is 10.9. The van der Waals surface area contributed by atoms with Crippen LogP contribution in [0.5, 0.6) is 5.75 Å². The lowest BCUT2D eigenvalue weighted by molar-refractivity contribution is -0.143. The van der Waals surface area contributed by atoms with Gasteiger partial charge < -0.3 is 20.1 Å². The van der Waals surface area contributed by atoms with Crippen molar-refractivity contribution in [3.8, 4) is 23.7 Å². The Labute approximate surface area is 217 Å². The maximum absolute atomic E-state index is 12.5. The highest BCUT2D eigenvalue weighted by molar-refractivity contribution is 9.10. The van der Waals surface area contributed by atoms with Crippen LogP contribution in [0.15, 0.2) is 47.1 Å². The second-order valence-corrected chi connectivity index (χ2v) is 8.51. The van der Waals surface area contributed by atoms with Crippen molar-refractivity contribution in [3.63, 3.8) is 0 Å². The fraction of sp³-hybridized carbons (Fsp3) is 0.231. The predicted molar refractivity (Wildman–Crippen MR) is 141 cm³/mol. The number of benzene rings is 2. The van der Waals surface area contributed by atoms with Crippen LogP contribution in [-0.2, 0) is 14.3 Å². The first-order chi connectivity index (χ1) is 17.3. The summed E-state index contributed by atoms with van der Waals surface area (Å²) in [5, 5.41) is 16.3. The van der Waals surface area contributed by atoms with Crippen LogP contribution in [0.1, 0.15) is 12.5 Å². The smallest absolute Gasteiger partial charge is 0.320 e. The first kappa shape index (κ1) is 26.5. The molecule has 184 valence electrons. The largest absolute Gasteiger partial charge is 0.494 e. The van der Waals surface area contributed by atoms with E-state index >= 15 is 0 Å². The number of fused-ring (bicyclic) bond motifs is 1. The third-order valence-corrected chi connectivity index (χ3v) is 5.40. The maximum atomic E-state index is 12.5. The minimum atomic E-state index is -0.553. The summed E-state index contributed by atoms with van der Waals surface area (Å²) in [4.78, 5) is 30.1. The number of halogens is 1. The molecule has 0 aliphatic heterocycles. The van der Waals surface area contributed by atoms with Crippen LogP contribution in [0.4, 0.5) is 17.1 Å². The minimum absolute atomic E-state index is 0.0740. The van der Waals surface area contributed by atoms with Crippen molar-refractivity contribution in [2.75, 3.05) is 44.5 Å². The SMILES string of the molecule is CCOC(=O)CN(C)CC#CC(=O)Nc1cc2c(Nc3cccc(Br)c3)c(C#N)cnc2cc1OC. The second kappa shape index (κ2) is 12.5. The van der Waals surface area contributed by atoms with Crippen LogP contribution >= 0.6 is 15.9 Å². The molecule has 1 heterocycles. The number of amides is 1. The molecule has 3 rings (SSSR count). The molecule has 3 aromatic rings. The van der Waals surface area contributed by atoms with Crippen LogP contribution in [0, 0.1) is 23.2 Å². The van der Waals surface area contributed by atoms with Crippen molar-refractivity contribution in [1.82, 2.24) is 9.88 Å². The number of esters is 1. The molecule has 0 atom stereocenters. The summed E-state index contributed by atoms with van der Waals surface area (Å²) < 4.78 is 11.2. The minimum Gasteiger partial charge on any atom is -0.494 e. The standard InChI is InChI=1S/C26H24BrN5O4/c1-4-36-25(34)16-32(2)10-6-9-24(33)31-22-12-20-21(13-23(22)35-3)29-15-17(14-28)26(20)30-19-8-5-7-18(27)11-19/h5,7-8,11-13,15H,4,10,16H2,1-3H3,(H,29,30)(H,31,33). The van der Waals surface area contributed by atoms with Gasteiger partial charge >= 0.3 is 5.97 Å². The Hall–Kier alpha value is -4.12. The fourth-order valence-electron chi connectivity index (χ4n) is 3.31. The quantitative estimate of drug-likeness (QED) is 0.319. The molecule has 36 heavy (non-hydrogen) atoms. The van der Waals surface area contributed by atoms with E-state index in [1.165, 1.54) is 13.3 Å². The van der Waals surface area contributed by atoms with E-state index in [0.717, 1.165) is 10.2 Å². The average molecular weight is 550 g/mol. The van der Waals surface area contributed by atoms with Gasteiger partial charge in [0.15, 0.2) is 0 Å². The number of hydrogen-bond donors (Lipinski definition) is 2. The van der Waals surface area contributed by atoms with Crippen LogP contribution in [0.25, 0.3) is 10.9 Å². The fourth-order valence-corrected chi connectivity index (χ4v) is 3.71. The van der Waals surface area contributed by atoms with Crippen molar-refractivity contribution < 1.29 is 19.1 Å². The second-order valence-electron chi connectivity index (χ2n) is 7.60. The summed E-state index contributed by atoms with van der Waals surface area (Å²) in [6.07, 6.45) is 1.48. The molecule has 0 unspecified atom stereocenters. The van der Waals surface area contributed by atoms with E-state index in [0.29, 0.717) is 40.2 Å². The molecule has 2 aromatic carbocycles. The van der Waals surface area contributed by atoms with Gasteiger partial charge in [-0.15, -0.1) is 0 Å². The molecule has 0 aliphatic rings. The number of nitrogens with zero attached hydrogens (tertiary/aromatic N) is 3. The topological polar surface area (TPSA) is 117 Å². The van der Waals surface area contributed by atoms with Crippen molar-refractivity contribution >= 4 is 55.8 Å². The highest BCUT2D eigenvalue weighted by Crippen LogP contribution is 2.36. The number of methoxy groups -OCH3 is 1. The molecular weight excluding hydrogens is 526 g/mol. The van der Waals surface area contributed by atoms with Gasteiger partial charge in [-0.1, -0.05) is 27.9 Å². The normalized spacial score (nSPS) is 10.2. The maximum Gasteiger partial charge on any atom is 0.320 e. The van der Waals surface area contributed by atoms with E-state index in [2.05, 4.69) is 49.5 Å². The van der Waals surface area contributed by atoms with Gasteiger partial charge in [0.2, 0.25) is 0 Å². The van der Waals surface area contributed by atoms with E-state index < -0.39 is 5.91 Å². The zero-order chi connectivity index (χ0) is 26.1. The number of hydrogen-bond acceptors (Lipinski definition) is 8. The van der Waals surface area contributed by atoms with E-state index in [1.807, 2.05) is 24.3 Å². The summed E-state index contributed by atoms with van der Waals surface area (Å²) in [6.45, 7) is 2.32. The molecule has 1 amide bonds. The number of ether oxygens (including phenoxy) is 2. The monoisotopic (exact) mass is 549 g/mol. The van der Waals surface area contributed by atoms with Gasteiger partial charge in [0.1, 0.15) is 11.8 Å². The average Bonchev–Trinajstić information content (AvgIpc) is 2.84. The Morgan fingerprint density at radius 1 is 1.25 bits per heavy atom. The Bertz CT molecular complexity index is 1390. The number of pyridine rings is 1. The highest BCUT2D eigenvalue weighted by atomic mass is 79.9. The molecule has 0 saturated heterocycles. The number of anilines is 3. The molecule has 0 fully saturated rings. The molecule has 0 aliphatic carbocycles. The molecule has 0 bridgehead atoms. The molecular formula is C26H24BrN5O4. The molecule has 0 saturated carbocycles. The van der Waals surface area contributed by atoms with Crippen LogP contribution in [0.3, 0.4) is 0 Å². The van der Waals surface area contributed by atoms with Crippen molar-refractivity contribution in [3.05, 3.63) is 52.6 Å². The van der Waals surface area contributed by atoms with Gasteiger partial charge in [-0.3, -0.25) is 19.5 Å². The molecule has 0 radical (unpaired) electrons. The van der Waals surface area contributed by atoms with Crippen LogP contribution in [-0.4, -0.2) is 55.6 Å². The highest BCUT2D eigenvalue weighted by Gasteiger charge is 2.15. The summed E-state index contributed by atoms with van der Waals surface area (Å²) in [6, 6.07) is 13.1. The lowest BCUT2D eigenvalue weighted by Gasteiger charge is -2.15. The predicted octanol–water partition coefficient (Wildman–Crippen LogP) is 4.06. The summed E-state index contributed by atoms with van der Waals surface area (Å²) in [5.74, 6) is 4.73. The van der Waals surface area contributed by atoms with Gasteiger partial charge in [-0.2, -0.15) is 5.26 Å². The van der Waals surface area contributed by atoms with Crippen molar-refractivity contribution in [1.29, 1.82) is 5.26 Å². The van der Waals surface area contributed by atoms with Crippen molar-refractivity contribution in [2.45, 2.75) is 6.92 Å². The summed E-state index contributed by atoms with van der Waals surface area (Å²) in [7, 11) is 3.19. The van der Waals surface area contributed by atoms with Crippen LogP contribution < -0.4 is 15.4 Å². The Morgan fingerprint density at radius 2 is 2.06 bits per heavy atom. The number of aromatic nitrogens is 1. The van der Waals surface area contributed by atoms with Gasteiger partial charge in [0, 0.05) is 27.8 Å². The summed E-state index contributed by atoms with van der Waals surface area (Å²) in [5.41, 5.74) is 2.61. The zero-order valence-corrected chi connectivity index (χ0v) is 21.6. The summed E-state index contributed by atoms with van der Waals surface area (Å²) >= 11 is 3.45. The number of nitriles is 1. The van der Waals surface area contributed by atoms with Crippen molar-refractivity contribution in [2.24, 2.45) is 0 Å². The number of rotatable bonds is 8.